The zero-order valence-corrected chi connectivity index (χ0v) is 17.8. The van der Waals surface area contributed by atoms with Crippen LogP contribution in [0.3, 0.4) is 0 Å². The fourth-order valence-electron chi connectivity index (χ4n) is 3.16. The number of nitrogens with one attached hydrogen (secondary N) is 1. The van der Waals surface area contributed by atoms with Crippen molar-refractivity contribution in [2.24, 2.45) is 11.1 Å². The number of nitrogens with zero attached hydrogens (tertiary/aromatic N) is 2. The summed E-state index contributed by atoms with van der Waals surface area (Å²) in [7, 11) is 0. The molecule has 28 heavy (non-hydrogen) atoms. The number of aldehydes is 1. The van der Waals surface area contributed by atoms with Crippen molar-refractivity contribution in [3.05, 3.63) is 40.4 Å². The first kappa shape index (κ1) is 21.9. The second-order valence-electron chi connectivity index (χ2n) is 8.37. The Bertz CT molecular complexity index is 783. The predicted octanol–water partition coefficient (Wildman–Crippen LogP) is 3.44. The van der Waals surface area contributed by atoms with Crippen LogP contribution in [0.2, 0.25) is 0 Å². The minimum absolute atomic E-state index is 0.0769. The third-order valence-electron chi connectivity index (χ3n) is 5.47. The van der Waals surface area contributed by atoms with E-state index in [0.29, 0.717) is 23.7 Å². The first-order valence-corrected chi connectivity index (χ1v) is 10.2. The molecule has 1 aromatic heterocycles. The van der Waals surface area contributed by atoms with Gasteiger partial charge in [-0.15, -0.1) is 0 Å². The molecule has 0 saturated heterocycles. The number of hydrogen-bond donors (Lipinski definition) is 2. The molecule has 6 nitrogen and oxygen atoms in total. The fourth-order valence-corrected chi connectivity index (χ4v) is 3.16. The number of hydrogen-bond acceptors (Lipinski definition) is 4. The van der Waals surface area contributed by atoms with Gasteiger partial charge in [-0.2, -0.15) is 5.10 Å². The van der Waals surface area contributed by atoms with Crippen LogP contribution in [0.5, 0.6) is 0 Å². The summed E-state index contributed by atoms with van der Waals surface area (Å²) in [6, 6.07) is 0.462. The van der Waals surface area contributed by atoms with Crippen LogP contribution < -0.4 is 11.1 Å². The molecule has 0 spiro atoms. The summed E-state index contributed by atoms with van der Waals surface area (Å²) in [5, 5.41) is 7.95. The quantitative estimate of drug-likeness (QED) is 0.346. The molecule has 1 amide bonds. The molecular formula is C22H34N4O2. The molecule has 0 unspecified atom stereocenters. The van der Waals surface area contributed by atoms with Crippen LogP contribution in [0.4, 0.5) is 0 Å². The Morgan fingerprint density at radius 2 is 2.04 bits per heavy atom. The minimum atomic E-state index is -0.432. The molecule has 1 aliphatic rings. The van der Waals surface area contributed by atoms with Gasteiger partial charge in [0.15, 0.2) is 6.29 Å². The summed E-state index contributed by atoms with van der Waals surface area (Å²) < 4.78 is 1.87. The van der Waals surface area contributed by atoms with Crippen molar-refractivity contribution in [3.8, 4) is 0 Å². The molecule has 3 N–H and O–H groups in total. The zero-order chi connectivity index (χ0) is 20.9. The molecule has 0 atom stereocenters. The van der Waals surface area contributed by atoms with E-state index in [1.165, 1.54) is 0 Å². The zero-order valence-electron chi connectivity index (χ0n) is 17.8. The van der Waals surface area contributed by atoms with Crippen molar-refractivity contribution < 1.29 is 9.59 Å². The molecule has 0 aromatic carbocycles. The molecule has 1 aromatic rings. The van der Waals surface area contributed by atoms with Gasteiger partial charge in [-0.1, -0.05) is 40.2 Å². The second-order valence-corrected chi connectivity index (χ2v) is 8.37. The van der Waals surface area contributed by atoms with Crippen LogP contribution >= 0.6 is 0 Å². The summed E-state index contributed by atoms with van der Waals surface area (Å²) in [6.07, 6.45) is 9.35. The number of primary amides is 1. The maximum atomic E-state index is 11.9. The van der Waals surface area contributed by atoms with Gasteiger partial charge in [-0.25, -0.2) is 0 Å². The van der Waals surface area contributed by atoms with Gasteiger partial charge in [0.25, 0.3) is 0 Å². The molecule has 6 heteroatoms. The van der Waals surface area contributed by atoms with Crippen LogP contribution in [-0.4, -0.2) is 28.0 Å². The van der Waals surface area contributed by atoms with Crippen LogP contribution in [0.1, 0.15) is 75.1 Å². The maximum Gasteiger partial charge on any atom is 0.250 e. The average Bonchev–Trinajstić information content (AvgIpc) is 3.41. The lowest BCUT2D eigenvalue weighted by molar-refractivity contribution is -0.114. The van der Waals surface area contributed by atoms with Gasteiger partial charge in [0.1, 0.15) is 0 Å². The third kappa shape index (κ3) is 5.57. The van der Waals surface area contributed by atoms with Crippen LogP contribution in [0, 0.1) is 12.3 Å². The number of nitrogens with two attached hydrogens (primary N) is 1. The van der Waals surface area contributed by atoms with Crippen molar-refractivity contribution in [1.29, 1.82) is 0 Å². The number of aryl methyl sites for hydroxylation is 1. The lowest BCUT2D eigenvalue weighted by Crippen LogP contribution is -2.23. The maximum absolute atomic E-state index is 11.9. The Labute approximate surface area is 168 Å². The SMILES string of the molecule is CC/C(NC1CC1)=C(\C=C/Cn1nc(C)c(C=O)c1CC(C)(C)CC)C(N)=O. The molecule has 0 radical (unpaired) electrons. The second kappa shape index (κ2) is 9.22. The van der Waals surface area contributed by atoms with Gasteiger partial charge in [0.2, 0.25) is 5.91 Å². The lowest BCUT2D eigenvalue weighted by atomic mass is 9.84. The number of carbonyl (C=O) groups excluding carboxylic acids is 2. The first-order chi connectivity index (χ1) is 13.2. The van der Waals surface area contributed by atoms with Gasteiger partial charge in [0.05, 0.1) is 29.1 Å². The normalized spacial score (nSPS) is 15.6. The van der Waals surface area contributed by atoms with Crippen LogP contribution in [0.15, 0.2) is 23.4 Å². The van der Waals surface area contributed by atoms with Gasteiger partial charge >= 0.3 is 0 Å². The highest BCUT2D eigenvalue weighted by Crippen LogP contribution is 2.28. The fraction of sp³-hybridized carbons (Fsp3) is 0.591. The van der Waals surface area contributed by atoms with E-state index in [-0.39, 0.29) is 5.41 Å². The summed E-state index contributed by atoms with van der Waals surface area (Å²) in [6.45, 7) is 10.9. The highest BCUT2D eigenvalue weighted by atomic mass is 16.1. The van der Waals surface area contributed by atoms with E-state index in [0.717, 1.165) is 55.5 Å². The summed E-state index contributed by atoms with van der Waals surface area (Å²) in [5.74, 6) is -0.432. The molecule has 1 aliphatic carbocycles. The molecular weight excluding hydrogens is 352 g/mol. The van der Waals surface area contributed by atoms with E-state index in [2.05, 4.69) is 31.2 Å². The predicted molar refractivity (Wildman–Crippen MR) is 112 cm³/mol. The van der Waals surface area contributed by atoms with E-state index in [4.69, 9.17) is 5.73 Å². The van der Waals surface area contributed by atoms with Gasteiger partial charge in [-0.3, -0.25) is 14.3 Å². The highest BCUT2D eigenvalue weighted by Gasteiger charge is 2.24. The average molecular weight is 387 g/mol. The Kier molecular flexibility index (Phi) is 7.22. The number of allylic oxidation sites excluding steroid dienone is 2. The first-order valence-electron chi connectivity index (χ1n) is 10.2. The Balaban J connectivity index is 2.27. The number of aromatic nitrogens is 2. The number of rotatable bonds is 11. The van der Waals surface area contributed by atoms with Gasteiger partial charge < -0.3 is 11.1 Å². The van der Waals surface area contributed by atoms with E-state index >= 15 is 0 Å². The van der Waals surface area contributed by atoms with E-state index in [1.807, 2.05) is 24.6 Å². The molecule has 1 saturated carbocycles. The number of carbonyl (C=O) groups is 2. The van der Waals surface area contributed by atoms with Crippen LogP contribution in [-0.2, 0) is 17.8 Å². The largest absolute Gasteiger partial charge is 0.385 e. The highest BCUT2D eigenvalue weighted by molar-refractivity contribution is 5.95. The Morgan fingerprint density at radius 1 is 1.36 bits per heavy atom. The van der Waals surface area contributed by atoms with Crippen LogP contribution in [0.25, 0.3) is 0 Å². The topological polar surface area (TPSA) is 90.0 Å². The summed E-state index contributed by atoms with van der Waals surface area (Å²) >= 11 is 0. The molecule has 2 rings (SSSR count). The standard InChI is InChI=1S/C22H34N4O2/c1-6-19(24-16-10-11-16)17(21(23)28)9-8-12-26-20(13-22(4,5)7-2)18(14-27)15(3)25-26/h8-9,14,16,24H,6-7,10-13H2,1-5H3,(H2,23,28)/b9-8-,19-17-. The van der Waals surface area contributed by atoms with E-state index < -0.39 is 5.91 Å². The van der Waals surface area contributed by atoms with Crippen molar-refractivity contribution in [1.82, 2.24) is 15.1 Å². The van der Waals surface area contributed by atoms with Gasteiger partial charge in [0, 0.05) is 11.7 Å². The van der Waals surface area contributed by atoms with Crippen molar-refractivity contribution in [2.75, 3.05) is 0 Å². The molecule has 1 heterocycles. The minimum Gasteiger partial charge on any atom is -0.385 e. The summed E-state index contributed by atoms with van der Waals surface area (Å²) in [4.78, 5) is 23.5. The molecule has 154 valence electrons. The molecule has 1 fully saturated rings. The van der Waals surface area contributed by atoms with E-state index in [9.17, 15) is 9.59 Å². The summed E-state index contributed by atoms with van der Waals surface area (Å²) in [5.41, 5.74) is 9.45. The number of amides is 1. The lowest BCUT2D eigenvalue weighted by Gasteiger charge is -2.23. The molecule has 0 aliphatic heterocycles. The monoisotopic (exact) mass is 386 g/mol. The van der Waals surface area contributed by atoms with Crippen molar-refractivity contribution in [2.45, 2.75) is 79.3 Å². The Morgan fingerprint density at radius 3 is 2.54 bits per heavy atom. The third-order valence-corrected chi connectivity index (χ3v) is 5.47. The smallest absolute Gasteiger partial charge is 0.250 e. The van der Waals surface area contributed by atoms with Crippen molar-refractivity contribution >= 4 is 12.2 Å². The van der Waals surface area contributed by atoms with Crippen molar-refractivity contribution in [3.63, 3.8) is 0 Å². The molecule has 0 bridgehead atoms. The van der Waals surface area contributed by atoms with Gasteiger partial charge in [-0.05, 0) is 44.1 Å². The Hall–Kier alpha value is -2.37. The van der Waals surface area contributed by atoms with E-state index in [1.54, 1.807) is 6.08 Å².